The summed E-state index contributed by atoms with van der Waals surface area (Å²) in [7, 11) is 0. The molecule has 0 bridgehead atoms. The summed E-state index contributed by atoms with van der Waals surface area (Å²) in [4.78, 5) is 0. The average molecular weight is 169 g/mol. The molecule has 1 heteroatoms. The first-order chi connectivity index (χ1) is 5.11. The monoisotopic (exact) mass is 168 g/mol. The molecular formula is C10H13Cl. The molecule has 1 atom stereocenters. The third-order valence-electron chi connectivity index (χ3n) is 1.86. The lowest BCUT2D eigenvalue weighted by molar-refractivity contribution is 1.05. The normalized spacial score (nSPS) is 13.1. The molecule has 0 aliphatic carbocycles. The van der Waals surface area contributed by atoms with Gasteiger partial charge in [-0.05, 0) is 31.9 Å². The second kappa shape index (κ2) is 3.27. The number of halogens is 1. The van der Waals surface area contributed by atoms with Crippen LogP contribution >= 0.6 is 11.6 Å². The first-order valence-corrected chi connectivity index (χ1v) is 4.26. The van der Waals surface area contributed by atoms with Crippen molar-refractivity contribution in [2.45, 2.75) is 26.1 Å². The second-order valence-electron chi connectivity index (χ2n) is 2.98. The Morgan fingerprint density at radius 2 is 1.91 bits per heavy atom. The van der Waals surface area contributed by atoms with Crippen LogP contribution in [0.15, 0.2) is 18.2 Å². The lowest BCUT2D eigenvalue weighted by Gasteiger charge is -2.07. The van der Waals surface area contributed by atoms with Crippen molar-refractivity contribution in [3.05, 3.63) is 34.9 Å². The minimum absolute atomic E-state index is 0.120. The van der Waals surface area contributed by atoms with Gasteiger partial charge >= 0.3 is 0 Å². The highest BCUT2D eigenvalue weighted by Gasteiger charge is 2.03. The molecule has 0 fully saturated rings. The summed E-state index contributed by atoms with van der Waals surface area (Å²) in [6.07, 6.45) is 0. The van der Waals surface area contributed by atoms with Gasteiger partial charge in [-0.2, -0.15) is 0 Å². The maximum Gasteiger partial charge on any atom is 0.0559 e. The fraction of sp³-hybridized carbons (Fsp3) is 0.400. The number of aryl methyl sites for hydroxylation is 2. The zero-order chi connectivity index (χ0) is 8.43. The van der Waals surface area contributed by atoms with Gasteiger partial charge in [0.1, 0.15) is 0 Å². The molecule has 0 nitrogen and oxygen atoms in total. The Balaban J connectivity index is 3.13. The first kappa shape index (κ1) is 8.61. The summed E-state index contributed by atoms with van der Waals surface area (Å²) in [5.41, 5.74) is 3.79. The zero-order valence-corrected chi connectivity index (χ0v) is 7.94. The van der Waals surface area contributed by atoms with Crippen LogP contribution in [-0.4, -0.2) is 0 Å². The molecule has 1 rings (SSSR count). The van der Waals surface area contributed by atoms with E-state index in [0.717, 1.165) is 0 Å². The molecule has 0 amide bonds. The van der Waals surface area contributed by atoms with Crippen molar-refractivity contribution in [2.24, 2.45) is 0 Å². The van der Waals surface area contributed by atoms with Crippen molar-refractivity contribution >= 4 is 11.6 Å². The summed E-state index contributed by atoms with van der Waals surface area (Å²) in [5, 5.41) is 0.120. The molecule has 0 heterocycles. The van der Waals surface area contributed by atoms with Gasteiger partial charge in [-0.3, -0.25) is 0 Å². The summed E-state index contributed by atoms with van der Waals surface area (Å²) >= 11 is 5.98. The van der Waals surface area contributed by atoms with Crippen LogP contribution in [0.3, 0.4) is 0 Å². The number of rotatable bonds is 1. The number of benzene rings is 1. The molecule has 0 aliphatic rings. The van der Waals surface area contributed by atoms with E-state index in [4.69, 9.17) is 11.6 Å². The average Bonchev–Trinajstić information content (AvgIpc) is 1.94. The third kappa shape index (κ3) is 1.97. The standard InChI is InChI=1S/C10H13Cl/c1-7-4-5-8(2)10(6-7)9(3)11/h4-6,9H,1-3H3. The van der Waals surface area contributed by atoms with E-state index in [0.29, 0.717) is 0 Å². The summed E-state index contributed by atoms with van der Waals surface area (Å²) in [5.74, 6) is 0. The smallest absolute Gasteiger partial charge is 0.0559 e. The highest BCUT2D eigenvalue weighted by atomic mass is 35.5. The number of alkyl halides is 1. The Hall–Kier alpha value is -0.490. The lowest BCUT2D eigenvalue weighted by Crippen LogP contribution is -1.89. The summed E-state index contributed by atoms with van der Waals surface area (Å²) < 4.78 is 0. The van der Waals surface area contributed by atoms with Crippen LogP contribution in [0.4, 0.5) is 0 Å². The van der Waals surface area contributed by atoms with E-state index >= 15 is 0 Å². The topological polar surface area (TPSA) is 0 Å². The molecule has 1 unspecified atom stereocenters. The van der Waals surface area contributed by atoms with Crippen LogP contribution in [0.5, 0.6) is 0 Å². The number of hydrogen-bond acceptors (Lipinski definition) is 0. The van der Waals surface area contributed by atoms with Gasteiger partial charge in [-0.25, -0.2) is 0 Å². The third-order valence-corrected chi connectivity index (χ3v) is 2.10. The largest absolute Gasteiger partial charge is 0.118 e. The van der Waals surface area contributed by atoms with Gasteiger partial charge in [0.15, 0.2) is 0 Å². The quantitative estimate of drug-likeness (QED) is 0.562. The van der Waals surface area contributed by atoms with Crippen LogP contribution in [0, 0.1) is 13.8 Å². The highest BCUT2D eigenvalue weighted by Crippen LogP contribution is 2.23. The maximum atomic E-state index is 5.98. The van der Waals surface area contributed by atoms with E-state index in [2.05, 4.69) is 32.0 Å². The summed E-state index contributed by atoms with van der Waals surface area (Å²) in [6, 6.07) is 6.37. The molecule has 60 valence electrons. The lowest BCUT2D eigenvalue weighted by atomic mass is 10.0. The van der Waals surface area contributed by atoms with Crippen LogP contribution in [0.25, 0.3) is 0 Å². The molecule has 11 heavy (non-hydrogen) atoms. The van der Waals surface area contributed by atoms with Gasteiger partial charge in [0.05, 0.1) is 5.38 Å². The van der Waals surface area contributed by atoms with E-state index in [1.807, 2.05) is 6.92 Å². The van der Waals surface area contributed by atoms with Crippen molar-refractivity contribution in [1.29, 1.82) is 0 Å². The van der Waals surface area contributed by atoms with Crippen molar-refractivity contribution in [3.8, 4) is 0 Å². The predicted octanol–water partition coefficient (Wildman–Crippen LogP) is 3.60. The molecule has 1 aromatic carbocycles. The van der Waals surface area contributed by atoms with Crippen LogP contribution in [-0.2, 0) is 0 Å². The molecule has 0 radical (unpaired) electrons. The number of hydrogen-bond donors (Lipinski definition) is 0. The molecule has 0 aliphatic heterocycles. The minimum atomic E-state index is 0.120. The SMILES string of the molecule is Cc1ccc(C)c(C(C)Cl)c1. The predicted molar refractivity (Wildman–Crippen MR) is 50.2 cm³/mol. The van der Waals surface area contributed by atoms with Crippen molar-refractivity contribution in [3.63, 3.8) is 0 Å². The van der Waals surface area contributed by atoms with E-state index < -0.39 is 0 Å². The molecule has 1 aromatic rings. The van der Waals surface area contributed by atoms with Crippen LogP contribution in [0.1, 0.15) is 29.0 Å². The van der Waals surface area contributed by atoms with Crippen molar-refractivity contribution in [2.75, 3.05) is 0 Å². The van der Waals surface area contributed by atoms with Gasteiger partial charge in [0, 0.05) is 0 Å². The second-order valence-corrected chi connectivity index (χ2v) is 3.63. The molecule has 0 spiro atoms. The molecule has 0 saturated carbocycles. The highest BCUT2D eigenvalue weighted by molar-refractivity contribution is 6.20. The Kier molecular flexibility index (Phi) is 2.56. The van der Waals surface area contributed by atoms with Gasteiger partial charge in [0.25, 0.3) is 0 Å². The van der Waals surface area contributed by atoms with Gasteiger partial charge < -0.3 is 0 Å². The van der Waals surface area contributed by atoms with E-state index in [9.17, 15) is 0 Å². The van der Waals surface area contributed by atoms with Crippen LogP contribution in [0.2, 0.25) is 0 Å². The zero-order valence-electron chi connectivity index (χ0n) is 7.19. The van der Waals surface area contributed by atoms with Gasteiger partial charge in [-0.1, -0.05) is 23.8 Å². The Labute approximate surface area is 73.2 Å². The molecule has 0 saturated heterocycles. The maximum absolute atomic E-state index is 5.98. The van der Waals surface area contributed by atoms with E-state index in [1.54, 1.807) is 0 Å². The van der Waals surface area contributed by atoms with Crippen molar-refractivity contribution < 1.29 is 0 Å². The Bertz CT molecular complexity index is 251. The minimum Gasteiger partial charge on any atom is -0.118 e. The van der Waals surface area contributed by atoms with Crippen LogP contribution < -0.4 is 0 Å². The van der Waals surface area contributed by atoms with E-state index in [1.165, 1.54) is 16.7 Å². The Morgan fingerprint density at radius 1 is 1.27 bits per heavy atom. The Morgan fingerprint density at radius 3 is 2.36 bits per heavy atom. The molecule has 0 aromatic heterocycles. The van der Waals surface area contributed by atoms with Crippen molar-refractivity contribution in [1.82, 2.24) is 0 Å². The van der Waals surface area contributed by atoms with E-state index in [-0.39, 0.29) is 5.38 Å². The molecule has 0 N–H and O–H groups in total. The fourth-order valence-electron chi connectivity index (χ4n) is 1.19. The van der Waals surface area contributed by atoms with Gasteiger partial charge in [0.2, 0.25) is 0 Å². The fourth-order valence-corrected chi connectivity index (χ4v) is 1.42. The first-order valence-electron chi connectivity index (χ1n) is 3.82. The summed E-state index contributed by atoms with van der Waals surface area (Å²) in [6.45, 7) is 6.18. The molecular weight excluding hydrogens is 156 g/mol. The van der Waals surface area contributed by atoms with Gasteiger partial charge in [-0.15, -0.1) is 11.6 Å².